The van der Waals surface area contributed by atoms with E-state index in [0.717, 1.165) is 17.7 Å². The largest absolute Gasteiger partial charge is 0.508 e. The van der Waals surface area contributed by atoms with E-state index in [1.165, 1.54) is 5.56 Å². The third-order valence-corrected chi connectivity index (χ3v) is 3.60. The van der Waals surface area contributed by atoms with Crippen molar-refractivity contribution >= 4 is 5.91 Å². The van der Waals surface area contributed by atoms with Gasteiger partial charge in [-0.1, -0.05) is 12.1 Å². The van der Waals surface area contributed by atoms with E-state index in [2.05, 4.69) is 4.98 Å². The summed E-state index contributed by atoms with van der Waals surface area (Å²) in [4.78, 5) is 18.5. The van der Waals surface area contributed by atoms with Crippen LogP contribution in [0.25, 0.3) is 0 Å². The molecule has 0 radical (unpaired) electrons. The van der Waals surface area contributed by atoms with Crippen molar-refractivity contribution in [3.63, 3.8) is 0 Å². The Hall–Kier alpha value is -2.36. The highest BCUT2D eigenvalue weighted by molar-refractivity contribution is 5.92. The number of aromatic hydroxyl groups is 1. The van der Waals surface area contributed by atoms with Gasteiger partial charge in [-0.25, -0.2) is 4.98 Å². The molecule has 0 spiro atoms. The van der Waals surface area contributed by atoms with Gasteiger partial charge in [0.2, 0.25) is 0 Å². The molecule has 2 heterocycles. The van der Waals surface area contributed by atoms with Crippen LogP contribution in [-0.2, 0) is 13.0 Å². The first-order valence-corrected chi connectivity index (χ1v) is 6.67. The van der Waals surface area contributed by atoms with E-state index in [9.17, 15) is 9.90 Å². The summed E-state index contributed by atoms with van der Waals surface area (Å²) in [7, 11) is 0. The molecule has 4 nitrogen and oxygen atoms in total. The minimum absolute atomic E-state index is 0.0531. The van der Waals surface area contributed by atoms with Crippen LogP contribution in [0, 0.1) is 6.92 Å². The van der Waals surface area contributed by atoms with Gasteiger partial charge >= 0.3 is 0 Å². The van der Waals surface area contributed by atoms with E-state index in [0.29, 0.717) is 18.8 Å². The molecule has 1 amide bonds. The molecular weight excluding hydrogens is 252 g/mol. The molecule has 1 aliphatic rings. The molecule has 102 valence electrons. The van der Waals surface area contributed by atoms with Crippen LogP contribution in [0.1, 0.15) is 27.3 Å². The van der Waals surface area contributed by atoms with Gasteiger partial charge in [0, 0.05) is 18.8 Å². The van der Waals surface area contributed by atoms with Crippen LogP contribution < -0.4 is 0 Å². The molecular formula is C16H16N2O2. The van der Waals surface area contributed by atoms with Crippen LogP contribution in [0.15, 0.2) is 36.4 Å². The molecule has 0 atom stereocenters. The summed E-state index contributed by atoms with van der Waals surface area (Å²) in [6.07, 6.45) is 0.813. The number of phenolic OH excluding ortho intramolecular Hbond substituents is 1. The fraction of sp³-hybridized carbons (Fsp3) is 0.250. The summed E-state index contributed by atoms with van der Waals surface area (Å²) < 4.78 is 0. The first-order chi connectivity index (χ1) is 9.63. The van der Waals surface area contributed by atoms with Crippen molar-refractivity contribution in [3.05, 3.63) is 58.9 Å². The Balaban J connectivity index is 1.84. The highest BCUT2D eigenvalue weighted by Crippen LogP contribution is 2.23. The second kappa shape index (κ2) is 4.96. The standard InChI is InChI=1S/C16H16N2O2/c1-11-3-2-4-15(17-11)16(20)18-8-7-12-5-6-14(19)9-13(12)10-18/h2-6,9,19H,7-8,10H2,1H3. The first-order valence-electron chi connectivity index (χ1n) is 6.67. The van der Waals surface area contributed by atoms with Crippen LogP contribution in [0.4, 0.5) is 0 Å². The van der Waals surface area contributed by atoms with Crippen LogP contribution in [0.5, 0.6) is 5.75 Å². The maximum absolute atomic E-state index is 12.4. The van der Waals surface area contributed by atoms with Gasteiger partial charge < -0.3 is 10.0 Å². The monoisotopic (exact) mass is 268 g/mol. The molecule has 0 saturated heterocycles. The normalized spacial score (nSPS) is 13.9. The number of fused-ring (bicyclic) bond motifs is 1. The van der Waals surface area contributed by atoms with Gasteiger partial charge in [-0.2, -0.15) is 0 Å². The van der Waals surface area contributed by atoms with Gasteiger partial charge in [0.15, 0.2) is 0 Å². The predicted molar refractivity (Wildman–Crippen MR) is 75.5 cm³/mol. The first kappa shape index (κ1) is 12.7. The molecule has 0 bridgehead atoms. The number of pyridine rings is 1. The summed E-state index contributed by atoms with van der Waals surface area (Å²) >= 11 is 0. The Labute approximate surface area is 117 Å². The third-order valence-electron chi connectivity index (χ3n) is 3.60. The van der Waals surface area contributed by atoms with E-state index >= 15 is 0 Å². The molecule has 20 heavy (non-hydrogen) atoms. The Bertz CT molecular complexity index is 667. The summed E-state index contributed by atoms with van der Waals surface area (Å²) in [5.41, 5.74) is 3.53. The van der Waals surface area contributed by atoms with Crippen LogP contribution in [-0.4, -0.2) is 27.4 Å². The minimum atomic E-state index is -0.0531. The summed E-state index contributed by atoms with van der Waals surface area (Å²) in [5.74, 6) is 0.189. The van der Waals surface area contributed by atoms with Crippen LogP contribution in [0.3, 0.4) is 0 Å². The second-order valence-corrected chi connectivity index (χ2v) is 5.09. The number of hydrogen-bond acceptors (Lipinski definition) is 3. The van der Waals surface area contributed by atoms with E-state index in [4.69, 9.17) is 0 Å². The molecule has 1 aromatic carbocycles. The Morgan fingerprint density at radius 2 is 2.10 bits per heavy atom. The number of nitrogens with zero attached hydrogens (tertiary/aromatic N) is 2. The molecule has 3 rings (SSSR count). The minimum Gasteiger partial charge on any atom is -0.508 e. The van der Waals surface area contributed by atoms with Crippen molar-refractivity contribution in [2.24, 2.45) is 0 Å². The predicted octanol–water partition coefficient (Wildman–Crippen LogP) is 2.29. The smallest absolute Gasteiger partial charge is 0.272 e. The van der Waals surface area contributed by atoms with E-state index in [-0.39, 0.29) is 11.7 Å². The fourth-order valence-corrected chi connectivity index (χ4v) is 2.54. The zero-order chi connectivity index (χ0) is 14.1. The van der Waals surface area contributed by atoms with Gasteiger partial charge in [0.25, 0.3) is 5.91 Å². The van der Waals surface area contributed by atoms with E-state index < -0.39 is 0 Å². The van der Waals surface area contributed by atoms with E-state index in [1.807, 2.05) is 25.1 Å². The van der Waals surface area contributed by atoms with Gasteiger partial charge in [-0.15, -0.1) is 0 Å². The molecule has 1 N–H and O–H groups in total. The Kier molecular flexibility index (Phi) is 3.14. The zero-order valence-electron chi connectivity index (χ0n) is 11.3. The van der Waals surface area contributed by atoms with Gasteiger partial charge in [-0.3, -0.25) is 4.79 Å². The molecule has 1 aliphatic heterocycles. The topological polar surface area (TPSA) is 53.4 Å². The Morgan fingerprint density at radius 1 is 1.25 bits per heavy atom. The number of phenols is 1. The SMILES string of the molecule is Cc1cccc(C(=O)N2CCc3ccc(O)cc3C2)n1. The molecule has 0 aliphatic carbocycles. The van der Waals surface area contributed by atoms with Crippen LogP contribution >= 0.6 is 0 Å². The number of rotatable bonds is 1. The number of hydrogen-bond donors (Lipinski definition) is 1. The highest BCUT2D eigenvalue weighted by Gasteiger charge is 2.22. The maximum Gasteiger partial charge on any atom is 0.272 e. The number of carbonyl (C=O) groups is 1. The average Bonchev–Trinajstić information content (AvgIpc) is 2.45. The van der Waals surface area contributed by atoms with Crippen molar-refractivity contribution in [2.75, 3.05) is 6.54 Å². The average molecular weight is 268 g/mol. The fourth-order valence-electron chi connectivity index (χ4n) is 2.54. The van der Waals surface area contributed by atoms with Crippen molar-refractivity contribution in [1.82, 2.24) is 9.88 Å². The summed E-state index contributed by atoms with van der Waals surface area (Å²) in [6.45, 7) is 3.09. The maximum atomic E-state index is 12.4. The lowest BCUT2D eigenvalue weighted by Crippen LogP contribution is -2.36. The zero-order valence-corrected chi connectivity index (χ0v) is 11.3. The molecule has 2 aromatic rings. The van der Waals surface area contributed by atoms with Gasteiger partial charge in [0.1, 0.15) is 11.4 Å². The highest BCUT2D eigenvalue weighted by atomic mass is 16.3. The second-order valence-electron chi connectivity index (χ2n) is 5.09. The quantitative estimate of drug-likeness (QED) is 0.863. The summed E-state index contributed by atoms with van der Waals surface area (Å²) in [5, 5.41) is 9.55. The number of benzene rings is 1. The molecule has 0 fully saturated rings. The Morgan fingerprint density at radius 3 is 2.90 bits per heavy atom. The lowest BCUT2D eigenvalue weighted by molar-refractivity contribution is 0.0728. The summed E-state index contributed by atoms with van der Waals surface area (Å²) in [6, 6.07) is 10.8. The van der Waals surface area contributed by atoms with Gasteiger partial charge in [-0.05, 0) is 48.7 Å². The van der Waals surface area contributed by atoms with Crippen molar-refractivity contribution in [3.8, 4) is 5.75 Å². The molecule has 4 heteroatoms. The van der Waals surface area contributed by atoms with Crippen LogP contribution in [0.2, 0.25) is 0 Å². The third kappa shape index (κ3) is 2.37. The molecule has 0 unspecified atom stereocenters. The lowest BCUT2D eigenvalue weighted by Gasteiger charge is -2.28. The number of amides is 1. The number of aryl methyl sites for hydroxylation is 1. The van der Waals surface area contributed by atoms with Crippen molar-refractivity contribution < 1.29 is 9.90 Å². The number of carbonyl (C=O) groups excluding carboxylic acids is 1. The lowest BCUT2D eigenvalue weighted by atomic mass is 9.99. The molecule has 0 saturated carbocycles. The number of aromatic nitrogens is 1. The van der Waals surface area contributed by atoms with Gasteiger partial charge in [0.05, 0.1) is 0 Å². The van der Waals surface area contributed by atoms with E-state index in [1.54, 1.807) is 23.1 Å². The van der Waals surface area contributed by atoms with Crippen molar-refractivity contribution in [1.29, 1.82) is 0 Å². The molecule has 1 aromatic heterocycles. The van der Waals surface area contributed by atoms with Crippen molar-refractivity contribution in [2.45, 2.75) is 19.9 Å².